The van der Waals surface area contributed by atoms with Crippen LogP contribution in [0.3, 0.4) is 0 Å². The molecule has 0 aliphatic rings. The van der Waals surface area contributed by atoms with E-state index in [9.17, 15) is 9.59 Å². The maximum absolute atomic E-state index is 10.6. The van der Waals surface area contributed by atoms with Crippen LogP contribution in [0.25, 0.3) is 0 Å². The summed E-state index contributed by atoms with van der Waals surface area (Å²) >= 11 is 0. The summed E-state index contributed by atoms with van der Waals surface area (Å²) in [5, 5.41) is 7.34. The van der Waals surface area contributed by atoms with Gasteiger partial charge >= 0.3 is 11.9 Å². The van der Waals surface area contributed by atoms with Gasteiger partial charge in [0.15, 0.2) is 0 Å². The zero-order chi connectivity index (χ0) is 11.0. The fourth-order valence-electron chi connectivity index (χ4n) is 0.693. The van der Waals surface area contributed by atoms with Gasteiger partial charge in [-0.3, -0.25) is 9.59 Å². The highest BCUT2D eigenvalue weighted by molar-refractivity contribution is 5.68. The molecule has 0 aromatic carbocycles. The molecule has 0 saturated carbocycles. The predicted molar refractivity (Wildman–Crippen MR) is 47.6 cm³/mol. The molecule has 14 heavy (non-hydrogen) atoms. The van der Waals surface area contributed by atoms with Crippen LogP contribution < -0.4 is 0 Å². The maximum atomic E-state index is 10.6. The van der Waals surface area contributed by atoms with Crippen molar-refractivity contribution in [1.82, 2.24) is 0 Å². The van der Waals surface area contributed by atoms with Crippen molar-refractivity contribution in [2.24, 2.45) is 10.2 Å². The summed E-state index contributed by atoms with van der Waals surface area (Å²) in [6.07, 6.45) is -0.972. The van der Waals surface area contributed by atoms with Gasteiger partial charge in [-0.2, -0.15) is 10.2 Å². The monoisotopic (exact) mass is 202 g/mol. The van der Waals surface area contributed by atoms with Crippen LogP contribution in [0.4, 0.5) is 0 Å². The molecule has 0 amide bonds. The highest BCUT2D eigenvalue weighted by Gasteiger charge is 2.14. The molecule has 0 aliphatic heterocycles. The highest BCUT2D eigenvalue weighted by Crippen LogP contribution is 1.98. The van der Waals surface area contributed by atoms with Crippen molar-refractivity contribution in [3.63, 3.8) is 0 Å². The number of carbonyl (C=O) groups is 2. The van der Waals surface area contributed by atoms with Gasteiger partial charge in [-0.05, 0) is 6.92 Å². The molecule has 0 saturated heterocycles. The lowest BCUT2D eigenvalue weighted by Crippen LogP contribution is -2.25. The quantitative estimate of drug-likeness (QED) is 0.377. The Bertz CT molecular complexity index is 211. The average Bonchev–Trinajstić information content (AvgIpc) is 2.02. The smallest absolute Gasteiger partial charge is 0.305 e. The van der Waals surface area contributed by atoms with E-state index in [1.54, 1.807) is 0 Å². The number of nitrogens with zero attached hydrogens (tertiary/aromatic N) is 2. The molecular weight excluding hydrogens is 188 g/mol. The molecule has 80 valence electrons. The molecule has 0 aromatic rings. The Morgan fingerprint density at radius 1 is 1.14 bits per heavy atom. The molecule has 0 heterocycles. The van der Waals surface area contributed by atoms with Crippen LogP contribution in [0.2, 0.25) is 0 Å². The van der Waals surface area contributed by atoms with Gasteiger partial charge in [0.25, 0.3) is 6.29 Å². The van der Waals surface area contributed by atoms with Crippen molar-refractivity contribution < 1.29 is 19.1 Å². The van der Waals surface area contributed by atoms with Gasteiger partial charge in [0.2, 0.25) is 0 Å². The van der Waals surface area contributed by atoms with Crippen molar-refractivity contribution in [2.45, 2.75) is 27.1 Å². The van der Waals surface area contributed by atoms with E-state index in [2.05, 4.69) is 19.7 Å². The first kappa shape index (κ1) is 12.5. The maximum Gasteiger partial charge on any atom is 0.305 e. The molecule has 0 radical (unpaired) electrons. The Balaban J connectivity index is 4.03. The number of esters is 2. The Morgan fingerprint density at radius 2 is 1.64 bits per heavy atom. The second kappa shape index (κ2) is 6.99. The van der Waals surface area contributed by atoms with Crippen molar-refractivity contribution in [3.8, 4) is 0 Å². The molecule has 6 heteroatoms. The predicted octanol–water partition coefficient (Wildman–Crippen LogP) is 0.911. The van der Waals surface area contributed by atoms with E-state index < -0.39 is 18.2 Å². The van der Waals surface area contributed by atoms with E-state index in [4.69, 9.17) is 0 Å². The molecular formula is C8H14N2O4. The first-order valence-electron chi connectivity index (χ1n) is 4.24. The topological polar surface area (TPSA) is 77.3 Å². The van der Waals surface area contributed by atoms with Crippen LogP contribution in [0.1, 0.15) is 20.8 Å². The molecule has 0 unspecified atom stereocenters. The average molecular weight is 202 g/mol. The molecule has 0 bridgehead atoms. The van der Waals surface area contributed by atoms with E-state index in [1.165, 1.54) is 13.8 Å². The van der Waals surface area contributed by atoms with Gasteiger partial charge in [0.1, 0.15) is 6.54 Å². The first-order valence-corrected chi connectivity index (χ1v) is 4.24. The molecule has 0 atom stereocenters. The van der Waals surface area contributed by atoms with Crippen molar-refractivity contribution in [3.05, 3.63) is 0 Å². The van der Waals surface area contributed by atoms with Crippen LogP contribution >= 0.6 is 0 Å². The van der Waals surface area contributed by atoms with Gasteiger partial charge in [-0.25, -0.2) is 0 Å². The SMILES string of the molecule is CCN=NCC(OC(C)=O)OC(C)=O. The summed E-state index contributed by atoms with van der Waals surface area (Å²) in [6, 6.07) is 0. The minimum atomic E-state index is -0.972. The first-order chi connectivity index (χ1) is 6.56. The summed E-state index contributed by atoms with van der Waals surface area (Å²) in [7, 11) is 0. The minimum absolute atomic E-state index is 0.0347. The lowest BCUT2D eigenvalue weighted by atomic mass is 10.6. The Labute approximate surface area is 82.3 Å². The molecule has 0 aromatic heterocycles. The van der Waals surface area contributed by atoms with Crippen LogP contribution in [-0.2, 0) is 19.1 Å². The van der Waals surface area contributed by atoms with E-state index in [-0.39, 0.29) is 6.54 Å². The number of hydrogen-bond donors (Lipinski definition) is 0. The lowest BCUT2D eigenvalue weighted by Gasteiger charge is -2.13. The van der Waals surface area contributed by atoms with Crippen LogP contribution in [0.15, 0.2) is 10.2 Å². The molecule has 0 N–H and O–H groups in total. The van der Waals surface area contributed by atoms with E-state index in [1.807, 2.05) is 6.92 Å². The number of azo groups is 1. The normalized spacial score (nSPS) is 10.6. The number of rotatable bonds is 5. The van der Waals surface area contributed by atoms with E-state index >= 15 is 0 Å². The molecule has 0 spiro atoms. The number of carbonyl (C=O) groups excluding carboxylic acids is 2. The van der Waals surface area contributed by atoms with Crippen molar-refractivity contribution in [2.75, 3.05) is 13.1 Å². The van der Waals surface area contributed by atoms with Crippen LogP contribution in [-0.4, -0.2) is 31.3 Å². The third-order valence-electron chi connectivity index (χ3n) is 1.07. The summed E-state index contributed by atoms with van der Waals surface area (Å²) in [5.74, 6) is -1.05. The second-order valence-electron chi connectivity index (χ2n) is 2.43. The second-order valence-corrected chi connectivity index (χ2v) is 2.43. The fourth-order valence-corrected chi connectivity index (χ4v) is 0.693. The van der Waals surface area contributed by atoms with Crippen LogP contribution in [0, 0.1) is 0 Å². The number of ether oxygens (including phenoxy) is 2. The third kappa shape index (κ3) is 7.20. The highest BCUT2D eigenvalue weighted by atomic mass is 16.7. The van der Waals surface area contributed by atoms with E-state index in [0.717, 1.165) is 0 Å². The molecule has 0 aliphatic carbocycles. The van der Waals surface area contributed by atoms with Crippen molar-refractivity contribution >= 4 is 11.9 Å². The Kier molecular flexibility index (Phi) is 6.26. The Morgan fingerprint density at radius 3 is 2.00 bits per heavy atom. The Hall–Kier alpha value is -1.46. The van der Waals surface area contributed by atoms with Gasteiger partial charge in [-0.1, -0.05) is 0 Å². The fraction of sp³-hybridized carbons (Fsp3) is 0.750. The zero-order valence-corrected chi connectivity index (χ0v) is 8.52. The zero-order valence-electron chi connectivity index (χ0n) is 8.52. The van der Waals surface area contributed by atoms with E-state index in [0.29, 0.717) is 6.54 Å². The summed E-state index contributed by atoms with van der Waals surface area (Å²) in [6.45, 7) is 4.84. The summed E-state index contributed by atoms with van der Waals surface area (Å²) in [4.78, 5) is 21.2. The lowest BCUT2D eigenvalue weighted by molar-refractivity contribution is -0.182. The third-order valence-corrected chi connectivity index (χ3v) is 1.07. The van der Waals surface area contributed by atoms with Crippen molar-refractivity contribution in [1.29, 1.82) is 0 Å². The molecule has 0 rings (SSSR count). The van der Waals surface area contributed by atoms with Gasteiger partial charge in [0.05, 0.1) is 6.54 Å². The molecule has 6 nitrogen and oxygen atoms in total. The largest absolute Gasteiger partial charge is 0.423 e. The molecule has 0 fully saturated rings. The van der Waals surface area contributed by atoms with Gasteiger partial charge in [0, 0.05) is 13.8 Å². The minimum Gasteiger partial charge on any atom is -0.423 e. The summed E-state index contributed by atoms with van der Waals surface area (Å²) in [5.41, 5.74) is 0. The standard InChI is InChI=1S/C8H14N2O4/c1-4-9-10-5-8(13-6(2)11)14-7(3)12/h8H,4-5H2,1-3H3. The van der Waals surface area contributed by atoms with Gasteiger partial charge in [-0.15, -0.1) is 0 Å². The van der Waals surface area contributed by atoms with Crippen LogP contribution in [0.5, 0.6) is 0 Å². The van der Waals surface area contributed by atoms with Gasteiger partial charge < -0.3 is 9.47 Å². The number of hydrogen-bond acceptors (Lipinski definition) is 6. The summed E-state index contributed by atoms with van der Waals surface area (Å²) < 4.78 is 9.34.